The Morgan fingerprint density at radius 2 is 1.80 bits per heavy atom. The second kappa shape index (κ2) is 6.12. The molecule has 1 aromatic rings. The van der Waals surface area contributed by atoms with Crippen LogP contribution in [0.25, 0.3) is 0 Å². The predicted octanol–water partition coefficient (Wildman–Crippen LogP) is 0.195. The van der Waals surface area contributed by atoms with Gasteiger partial charge in [0, 0.05) is 11.6 Å². The molecule has 0 saturated heterocycles. The van der Waals surface area contributed by atoms with Crippen molar-refractivity contribution in [1.29, 1.82) is 0 Å². The van der Waals surface area contributed by atoms with E-state index in [0.29, 0.717) is 0 Å². The number of carbonyl (C=O) groups excluding carboxylic acids is 3. The summed E-state index contributed by atoms with van der Waals surface area (Å²) >= 11 is 0. The summed E-state index contributed by atoms with van der Waals surface area (Å²) in [5.41, 5.74) is 1.65. The van der Waals surface area contributed by atoms with Crippen LogP contribution >= 0.6 is 0 Å². The lowest BCUT2D eigenvalue weighted by Gasteiger charge is -2.05. The monoisotopic (exact) mass is 275 g/mol. The maximum Gasteiger partial charge on any atom is 0.310 e. The van der Waals surface area contributed by atoms with Crippen LogP contribution in [0.5, 0.6) is 0 Å². The fourth-order valence-corrected chi connectivity index (χ4v) is 1.69. The van der Waals surface area contributed by atoms with Crippen molar-refractivity contribution in [3.63, 3.8) is 0 Å². The quantitative estimate of drug-likeness (QED) is 0.591. The van der Waals surface area contributed by atoms with E-state index in [1.807, 2.05) is 0 Å². The molecule has 0 radical (unpaired) electrons. The molecule has 0 unspecified atom stereocenters. The van der Waals surface area contributed by atoms with E-state index in [9.17, 15) is 14.4 Å². The summed E-state index contributed by atoms with van der Waals surface area (Å²) in [5, 5.41) is 11.0. The normalized spacial score (nSPS) is 13.9. The van der Waals surface area contributed by atoms with Crippen molar-refractivity contribution in [2.24, 2.45) is 0 Å². The molecule has 1 aliphatic heterocycles. The molecule has 20 heavy (non-hydrogen) atoms. The number of ether oxygens (including phenoxy) is 1. The van der Waals surface area contributed by atoms with Gasteiger partial charge in [-0.3, -0.25) is 19.7 Å². The van der Waals surface area contributed by atoms with Crippen LogP contribution in [0.3, 0.4) is 0 Å². The van der Waals surface area contributed by atoms with E-state index in [1.165, 1.54) is 0 Å². The minimum Gasteiger partial charge on any atom is -0.461 e. The summed E-state index contributed by atoms with van der Waals surface area (Å²) in [5.74, 6) is -1.65. The van der Waals surface area contributed by atoms with Crippen molar-refractivity contribution >= 4 is 17.8 Å². The van der Waals surface area contributed by atoms with E-state index in [1.54, 1.807) is 24.3 Å². The first-order valence-corrected chi connectivity index (χ1v) is 5.98. The number of benzene rings is 1. The first kappa shape index (κ1) is 14.0. The molecular formula is C14H13NO5. The second-order valence-corrected chi connectivity index (χ2v) is 4.30. The van der Waals surface area contributed by atoms with Crippen LogP contribution in [0.1, 0.15) is 17.5 Å². The molecule has 0 saturated carbocycles. The molecule has 0 bridgehead atoms. The number of imide groups is 1. The minimum absolute atomic E-state index is 0.0443. The first-order chi connectivity index (χ1) is 9.58. The van der Waals surface area contributed by atoms with Crippen LogP contribution in [0, 0.1) is 0 Å². The van der Waals surface area contributed by atoms with E-state index in [0.717, 1.165) is 17.2 Å². The van der Waals surface area contributed by atoms with Gasteiger partial charge >= 0.3 is 5.97 Å². The van der Waals surface area contributed by atoms with Crippen molar-refractivity contribution < 1.29 is 24.2 Å². The molecule has 104 valence electrons. The highest BCUT2D eigenvalue weighted by Crippen LogP contribution is 2.10. The zero-order chi connectivity index (χ0) is 14.5. The molecular weight excluding hydrogens is 262 g/mol. The lowest BCUT2D eigenvalue weighted by Crippen LogP contribution is -2.23. The Morgan fingerprint density at radius 3 is 2.35 bits per heavy atom. The molecule has 1 aliphatic rings. The third-order valence-corrected chi connectivity index (χ3v) is 2.77. The Balaban J connectivity index is 1.84. The van der Waals surface area contributed by atoms with Gasteiger partial charge in [-0.1, -0.05) is 24.3 Å². The SMILES string of the molecule is O=C1C=C(CC(=O)OCc2ccc(CO)cc2)C(=O)N1. The smallest absolute Gasteiger partial charge is 0.310 e. The molecule has 0 atom stereocenters. The number of aliphatic hydroxyl groups is 1. The summed E-state index contributed by atoms with van der Waals surface area (Å²) in [7, 11) is 0. The number of aliphatic hydroxyl groups excluding tert-OH is 1. The average molecular weight is 275 g/mol. The van der Waals surface area contributed by atoms with Gasteiger partial charge in [0.25, 0.3) is 11.8 Å². The van der Waals surface area contributed by atoms with Crippen molar-refractivity contribution in [2.45, 2.75) is 19.6 Å². The van der Waals surface area contributed by atoms with Gasteiger partial charge in [0.1, 0.15) is 6.61 Å². The van der Waals surface area contributed by atoms with Crippen LogP contribution < -0.4 is 5.32 Å². The summed E-state index contributed by atoms with van der Waals surface area (Å²) in [6, 6.07) is 6.94. The molecule has 1 aromatic carbocycles. The lowest BCUT2D eigenvalue weighted by molar-refractivity contribution is -0.144. The molecule has 2 rings (SSSR count). The van der Waals surface area contributed by atoms with Crippen molar-refractivity contribution in [3.05, 3.63) is 47.0 Å². The summed E-state index contributed by atoms with van der Waals surface area (Å²) < 4.78 is 5.01. The van der Waals surface area contributed by atoms with Crippen LogP contribution in [0.2, 0.25) is 0 Å². The molecule has 0 aromatic heterocycles. The minimum atomic E-state index is -0.577. The van der Waals surface area contributed by atoms with Crippen LogP contribution in [0.4, 0.5) is 0 Å². The highest BCUT2D eigenvalue weighted by atomic mass is 16.5. The van der Waals surface area contributed by atoms with Gasteiger partial charge < -0.3 is 9.84 Å². The fourth-order valence-electron chi connectivity index (χ4n) is 1.69. The van der Waals surface area contributed by atoms with Gasteiger partial charge in [0.15, 0.2) is 0 Å². The third kappa shape index (κ3) is 3.52. The maximum atomic E-state index is 11.6. The van der Waals surface area contributed by atoms with Gasteiger partial charge in [-0.2, -0.15) is 0 Å². The Hall–Kier alpha value is -2.47. The number of nitrogens with one attached hydrogen (secondary N) is 1. The number of esters is 1. The molecule has 2 N–H and O–H groups in total. The number of rotatable bonds is 5. The van der Waals surface area contributed by atoms with Gasteiger partial charge in [0.2, 0.25) is 0 Å². The first-order valence-electron chi connectivity index (χ1n) is 5.98. The molecule has 6 heteroatoms. The van der Waals surface area contributed by atoms with E-state index >= 15 is 0 Å². The molecule has 0 spiro atoms. The maximum absolute atomic E-state index is 11.6. The number of amides is 2. The number of hydrogen-bond donors (Lipinski definition) is 2. The summed E-state index contributed by atoms with van der Waals surface area (Å²) in [6.45, 7) is 0.0325. The second-order valence-electron chi connectivity index (χ2n) is 4.30. The molecule has 0 aliphatic carbocycles. The molecule has 6 nitrogen and oxygen atoms in total. The Morgan fingerprint density at radius 1 is 1.15 bits per heavy atom. The van der Waals surface area contributed by atoms with Gasteiger partial charge in [-0.15, -0.1) is 0 Å². The molecule has 2 amide bonds. The largest absolute Gasteiger partial charge is 0.461 e. The number of hydrogen-bond acceptors (Lipinski definition) is 5. The average Bonchev–Trinajstić information content (AvgIpc) is 2.75. The van der Waals surface area contributed by atoms with Crippen LogP contribution in [-0.4, -0.2) is 22.9 Å². The number of carbonyl (C=O) groups is 3. The third-order valence-electron chi connectivity index (χ3n) is 2.77. The van der Waals surface area contributed by atoms with Gasteiger partial charge in [0.05, 0.1) is 13.0 Å². The highest BCUT2D eigenvalue weighted by molar-refractivity contribution is 6.17. The van der Waals surface area contributed by atoms with E-state index in [-0.39, 0.29) is 25.2 Å². The topological polar surface area (TPSA) is 92.7 Å². The standard InChI is InChI=1S/C14H13NO5/c16-7-9-1-3-10(4-2-9)8-20-13(18)6-11-5-12(17)15-14(11)19/h1-5,16H,6-8H2,(H,15,17,19). The van der Waals surface area contributed by atoms with Crippen molar-refractivity contribution in [3.8, 4) is 0 Å². The summed E-state index contributed by atoms with van der Waals surface area (Å²) in [4.78, 5) is 33.7. The van der Waals surface area contributed by atoms with Crippen LogP contribution in [-0.2, 0) is 32.3 Å². The van der Waals surface area contributed by atoms with Crippen molar-refractivity contribution in [1.82, 2.24) is 5.32 Å². The highest BCUT2D eigenvalue weighted by Gasteiger charge is 2.23. The zero-order valence-corrected chi connectivity index (χ0v) is 10.6. The fraction of sp³-hybridized carbons (Fsp3) is 0.214. The van der Waals surface area contributed by atoms with E-state index < -0.39 is 17.8 Å². The Kier molecular flexibility index (Phi) is 4.27. The van der Waals surface area contributed by atoms with E-state index in [2.05, 4.69) is 5.32 Å². The van der Waals surface area contributed by atoms with Crippen LogP contribution in [0.15, 0.2) is 35.9 Å². The predicted molar refractivity (Wildman–Crippen MR) is 68.0 cm³/mol. The lowest BCUT2D eigenvalue weighted by atomic mass is 10.1. The summed E-state index contributed by atoms with van der Waals surface area (Å²) in [6.07, 6.45) is 0.867. The Labute approximate surface area is 115 Å². The molecule has 1 heterocycles. The van der Waals surface area contributed by atoms with Gasteiger partial charge in [-0.05, 0) is 11.1 Å². The zero-order valence-electron chi connectivity index (χ0n) is 10.6. The van der Waals surface area contributed by atoms with Gasteiger partial charge in [-0.25, -0.2) is 0 Å². The van der Waals surface area contributed by atoms with E-state index in [4.69, 9.17) is 9.84 Å². The Bertz CT molecular complexity index is 574. The molecule has 0 fully saturated rings. The van der Waals surface area contributed by atoms with Crippen molar-refractivity contribution in [2.75, 3.05) is 0 Å².